The molecule has 0 aliphatic rings. The molecule has 0 rings (SSSR count). The minimum absolute atomic E-state index is 1.23. The van der Waals surface area contributed by atoms with Crippen molar-refractivity contribution in [3.63, 3.8) is 0 Å². The maximum Gasteiger partial charge on any atom is 0.463 e. The third-order valence-electron chi connectivity index (χ3n) is 1.46. The highest BCUT2D eigenvalue weighted by Crippen LogP contribution is 2.37. The van der Waals surface area contributed by atoms with Crippen molar-refractivity contribution >= 4 is 5.97 Å². The van der Waals surface area contributed by atoms with E-state index in [0.29, 0.717) is 0 Å². The molecule has 0 spiro atoms. The van der Waals surface area contributed by atoms with E-state index in [0.717, 1.165) is 0 Å². The monoisotopic (exact) mass is 234 g/mol. The quantitative estimate of drug-likeness (QED) is 0.542. The van der Waals surface area contributed by atoms with Crippen molar-refractivity contribution in [2.24, 2.45) is 5.41 Å². The lowest BCUT2D eigenvalue weighted by Gasteiger charge is -2.27. The van der Waals surface area contributed by atoms with Gasteiger partial charge >= 0.3 is 18.0 Å². The van der Waals surface area contributed by atoms with Crippen molar-refractivity contribution in [2.75, 3.05) is 6.67 Å². The van der Waals surface area contributed by atoms with Gasteiger partial charge in [-0.05, 0) is 20.8 Å². The summed E-state index contributed by atoms with van der Waals surface area (Å²) in [7, 11) is 0. The number of hydrogen-bond donors (Lipinski definition) is 0. The molecular weight excluding hydrogens is 223 g/mol. The zero-order valence-electron chi connectivity index (χ0n) is 8.41. The summed E-state index contributed by atoms with van der Waals surface area (Å²) < 4.78 is 64.2. The predicted molar refractivity (Wildman–Crippen MR) is 41.4 cm³/mol. The molecular formula is C8H11F5O2. The molecule has 15 heavy (non-hydrogen) atoms. The Bertz CT molecular complexity index is 242. The SMILES string of the molecule is CC(C)(C)C(=O)OC(F)(CF)C(F)(F)F. The predicted octanol–water partition coefficient (Wildman–Crippen LogP) is 2.77. The van der Waals surface area contributed by atoms with Crippen molar-refractivity contribution in [3.8, 4) is 0 Å². The first-order valence-electron chi connectivity index (χ1n) is 3.99. The van der Waals surface area contributed by atoms with Gasteiger partial charge in [0.2, 0.25) is 0 Å². The molecule has 0 N–H and O–H groups in total. The van der Waals surface area contributed by atoms with Crippen LogP contribution in [0, 0.1) is 5.41 Å². The second-order valence-corrected chi connectivity index (χ2v) is 4.00. The van der Waals surface area contributed by atoms with E-state index < -0.39 is 30.1 Å². The second kappa shape index (κ2) is 3.94. The van der Waals surface area contributed by atoms with Crippen LogP contribution in [0.25, 0.3) is 0 Å². The Kier molecular flexibility index (Phi) is 3.71. The van der Waals surface area contributed by atoms with Crippen molar-refractivity contribution < 1.29 is 31.5 Å². The van der Waals surface area contributed by atoms with Gasteiger partial charge in [-0.15, -0.1) is 0 Å². The van der Waals surface area contributed by atoms with E-state index in [9.17, 15) is 26.7 Å². The van der Waals surface area contributed by atoms with Crippen LogP contribution in [0.1, 0.15) is 20.8 Å². The number of ether oxygens (including phenoxy) is 1. The molecule has 0 aliphatic carbocycles. The Hall–Kier alpha value is -0.880. The normalized spacial score (nSPS) is 17.1. The Labute approximate surface area is 83.4 Å². The van der Waals surface area contributed by atoms with Crippen LogP contribution in [0.15, 0.2) is 0 Å². The molecule has 0 fully saturated rings. The number of hydrogen-bond acceptors (Lipinski definition) is 2. The summed E-state index contributed by atoms with van der Waals surface area (Å²) >= 11 is 0. The summed E-state index contributed by atoms with van der Waals surface area (Å²) in [6, 6.07) is 0. The van der Waals surface area contributed by atoms with Gasteiger partial charge in [0.25, 0.3) is 0 Å². The van der Waals surface area contributed by atoms with Crippen molar-refractivity contribution in [1.29, 1.82) is 0 Å². The molecule has 0 saturated carbocycles. The fourth-order valence-electron chi connectivity index (χ4n) is 0.461. The summed E-state index contributed by atoms with van der Waals surface area (Å²) in [5.41, 5.74) is -1.34. The van der Waals surface area contributed by atoms with E-state index in [2.05, 4.69) is 4.74 Å². The van der Waals surface area contributed by atoms with Gasteiger partial charge in [-0.25, -0.2) is 4.39 Å². The molecule has 1 atom stereocenters. The standard InChI is InChI=1S/C8H11F5O2/c1-6(2,3)5(14)15-7(10,4-9)8(11,12)13/h4H2,1-3H3. The zero-order valence-corrected chi connectivity index (χ0v) is 8.41. The molecule has 0 saturated heterocycles. The van der Waals surface area contributed by atoms with Crippen LogP contribution in [-0.4, -0.2) is 24.7 Å². The molecule has 1 unspecified atom stereocenters. The van der Waals surface area contributed by atoms with E-state index >= 15 is 0 Å². The third-order valence-corrected chi connectivity index (χ3v) is 1.46. The first-order valence-corrected chi connectivity index (χ1v) is 3.99. The number of carbonyl (C=O) groups is 1. The van der Waals surface area contributed by atoms with Crippen LogP contribution in [0.2, 0.25) is 0 Å². The molecule has 7 heteroatoms. The Morgan fingerprint density at radius 3 is 1.73 bits per heavy atom. The average Bonchev–Trinajstić information content (AvgIpc) is 2.00. The summed E-state index contributed by atoms with van der Waals surface area (Å²) in [6.07, 6.45) is -5.58. The number of carbonyl (C=O) groups excluding carboxylic acids is 1. The van der Waals surface area contributed by atoms with Crippen LogP contribution >= 0.6 is 0 Å². The number of halogens is 5. The lowest BCUT2D eigenvalue weighted by Crippen LogP contribution is -2.48. The molecule has 90 valence electrons. The number of alkyl halides is 5. The molecule has 0 aliphatic heterocycles. The first-order chi connectivity index (χ1) is 6.44. The Balaban J connectivity index is 4.83. The van der Waals surface area contributed by atoms with Gasteiger partial charge in [0.1, 0.15) is 0 Å². The first kappa shape index (κ1) is 14.1. The zero-order chi connectivity index (χ0) is 12.5. The van der Waals surface area contributed by atoms with Crippen LogP contribution < -0.4 is 0 Å². The summed E-state index contributed by atoms with van der Waals surface area (Å²) in [5.74, 6) is -6.02. The highest BCUT2D eigenvalue weighted by molar-refractivity contribution is 5.75. The van der Waals surface area contributed by atoms with Gasteiger partial charge < -0.3 is 4.74 Å². The van der Waals surface area contributed by atoms with Crippen molar-refractivity contribution in [1.82, 2.24) is 0 Å². The van der Waals surface area contributed by atoms with Crippen LogP contribution in [0.4, 0.5) is 22.0 Å². The van der Waals surface area contributed by atoms with E-state index in [1.165, 1.54) is 20.8 Å². The summed E-state index contributed by atoms with van der Waals surface area (Å²) in [6.45, 7) is 1.22. The summed E-state index contributed by atoms with van der Waals surface area (Å²) in [4.78, 5) is 11.0. The molecule has 2 nitrogen and oxygen atoms in total. The smallest absolute Gasteiger partial charge is 0.417 e. The fraction of sp³-hybridized carbons (Fsp3) is 0.875. The third kappa shape index (κ3) is 3.32. The van der Waals surface area contributed by atoms with Crippen molar-refractivity contribution in [3.05, 3.63) is 0 Å². The number of esters is 1. The van der Waals surface area contributed by atoms with E-state index in [-0.39, 0.29) is 0 Å². The van der Waals surface area contributed by atoms with Gasteiger partial charge in [-0.3, -0.25) is 4.79 Å². The lowest BCUT2D eigenvalue weighted by atomic mass is 9.97. The molecule has 0 heterocycles. The largest absolute Gasteiger partial charge is 0.463 e. The lowest BCUT2D eigenvalue weighted by molar-refractivity contribution is -0.326. The highest BCUT2D eigenvalue weighted by atomic mass is 19.4. The van der Waals surface area contributed by atoms with Gasteiger partial charge in [0.15, 0.2) is 6.67 Å². The van der Waals surface area contributed by atoms with Crippen LogP contribution in [0.5, 0.6) is 0 Å². The van der Waals surface area contributed by atoms with Crippen LogP contribution in [-0.2, 0) is 9.53 Å². The second-order valence-electron chi connectivity index (χ2n) is 4.00. The van der Waals surface area contributed by atoms with E-state index in [1.807, 2.05) is 0 Å². The average molecular weight is 234 g/mol. The Morgan fingerprint density at radius 2 is 1.53 bits per heavy atom. The minimum atomic E-state index is -5.58. The molecule has 0 aromatic carbocycles. The number of rotatable bonds is 2. The maximum atomic E-state index is 12.9. The van der Waals surface area contributed by atoms with Gasteiger partial charge in [0, 0.05) is 0 Å². The molecule has 0 radical (unpaired) electrons. The topological polar surface area (TPSA) is 26.3 Å². The maximum absolute atomic E-state index is 12.9. The molecule has 0 aromatic rings. The Morgan fingerprint density at radius 1 is 1.13 bits per heavy atom. The van der Waals surface area contributed by atoms with Gasteiger partial charge in [-0.2, -0.15) is 17.6 Å². The molecule has 0 aromatic heterocycles. The van der Waals surface area contributed by atoms with Crippen molar-refractivity contribution in [2.45, 2.75) is 32.8 Å². The van der Waals surface area contributed by atoms with Crippen LogP contribution in [0.3, 0.4) is 0 Å². The van der Waals surface area contributed by atoms with E-state index in [1.54, 1.807) is 0 Å². The highest BCUT2D eigenvalue weighted by Gasteiger charge is 2.61. The minimum Gasteiger partial charge on any atom is -0.417 e. The summed E-state index contributed by atoms with van der Waals surface area (Å²) in [5, 5.41) is 0. The van der Waals surface area contributed by atoms with E-state index in [4.69, 9.17) is 0 Å². The van der Waals surface area contributed by atoms with Gasteiger partial charge in [0.05, 0.1) is 5.41 Å². The fourth-order valence-corrected chi connectivity index (χ4v) is 0.461. The van der Waals surface area contributed by atoms with Gasteiger partial charge in [-0.1, -0.05) is 0 Å². The molecule has 0 amide bonds. The molecule has 0 bridgehead atoms.